The molecule has 0 saturated carbocycles. The molecule has 1 aliphatic rings. The van der Waals surface area contributed by atoms with Crippen LogP contribution < -0.4 is 5.32 Å². The van der Waals surface area contributed by atoms with Crippen molar-refractivity contribution in [1.82, 2.24) is 15.2 Å². The predicted octanol–water partition coefficient (Wildman–Crippen LogP) is 3.95. The predicted molar refractivity (Wildman–Crippen MR) is 103 cm³/mol. The molecule has 0 atom stereocenters. The number of hydrogen-bond donors (Lipinski definition) is 1. The topological polar surface area (TPSA) is 45.2 Å². The number of amides is 1. The van der Waals surface area contributed by atoms with Crippen molar-refractivity contribution in [3.05, 3.63) is 30.1 Å². The summed E-state index contributed by atoms with van der Waals surface area (Å²) in [6.45, 7) is 12.0. The molecule has 4 nitrogen and oxygen atoms in total. The molecule has 1 aromatic rings. The first-order valence-corrected chi connectivity index (χ1v) is 9.71. The van der Waals surface area contributed by atoms with Gasteiger partial charge in [-0.05, 0) is 65.5 Å². The molecule has 0 radical (unpaired) electrons. The second kappa shape index (κ2) is 8.31. The molecule has 1 saturated heterocycles. The largest absolute Gasteiger partial charge is 0.340 e. The van der Waals surface area contributed by atoms with Crippen molar-refractivity contribution in [2.24, 2.45) is 0 Å². The average molecular weight is 346 g/mol. The standard InChI is InChI=1S/C21H35N3O/c1-6-7-14-24(18-15-20(2,3)23-21(4,5)16-18)19(25)12-11-17-10-8-9-13-22-17/h8-10,13,18,23H,6-7,11-12,14-16H2,1-5H3. The fourth-order valence-corrected chi connectivity index (χ4v) is 4.25. The third-order valence-corrected chi connectivity index (χ3v) is 5.00. The fourth-order valence-electron chi connectivity index (χ4n) is 4.25. The Morgan fingerprint density at radius 2 is 1.92 bits per heavy atom. The highest BCUT2D eigenvalue weighted by molar-refractivity contribution is 5.76. The van der Waals surface area contributed by atoms with Gasteiger partial charge in [0, 0.05) is 42.0 Å². The number of nitrogens with zero attached hydrogens (tertiary/aromatic N) is 2. The minimum Gasteiger partial charge on any atom is -0.340 e. The summed E-state index contributed by atoms with van der Waals surface area (Å²) in [5.74, 6) is 0.276. The Labute approximate surface area is 153 Å². The van der Waals surface area contributed by atoms with Gasteiger partial charge in [-0.2, -0.15) is 0 Å². The molecule has 1 amide bonds. The Hall–Kier alpha value is -1.42. The minimum absolute atomic E-state index is 0.0537. The summed E-state index contributed by atoms with van der Waals surface area (Å²) in [5, 5.41) is 3.72. The normalized spacial score (nSPS) is 19.6. The highest BCUT2D eigenvalue weighted by atomic mass is 16.2. The molecule has 1 fully saturated rings. The average Bonchev–Trinajstić information content (AvgIpc) is 2.51. The van der Waals surface area contributed by atoms with E-state index >= 15 is 0 Å². The molecule has 0 aromatic carbocycles. The fraction of sp³-hybridized carbons (Fsp3) is 0.714. The third-order valence-electron chi connectivity index (χ3n) is 5.00. The summed E-state index contributed by atoms with van der Waals surface area (Å²) >= 11 is 0. The van der Waals surface area contributed by atoms with E-state index in [9.17, 15) is 4.79 Å². The van der Waals surface area contributed by atoms with Crippen LogP contribution in [0.15, 0.2) is 24.4 Å². The molecule has 1 aliphatic heterocycles. The van der Waals surface area contributed by atoms with Crippen LogP contribution in [0.5, 0.6) is 0 Å². The molecule has 0 bridgehead atoms. The van der Waals surface area contributed by atoms with Gasteiger partial charge in [0.25, 0.3) is 0 Å². The lowest BCUT2D eigenvalue weighted by atomic mass is 9.79. The molecular formula is C21H35N3O. The quantitative estimate of drug-likeness (QED) is 0.814. The third kappa shape index (κ3) is 6.10. The molecule has 0 aliphatic carbocycles. The lowest BCUT2D eigenvalue weighted by molar-refractivity contribution is -0.135. The van der Waals surface area contributed by atoms with Crippen LogP contribution in [0.2, 0.25) is 0 Å². The Kier molecular flexibility index (Phi) is 6.61. The summed E-state index contributed by atoms with van der Waals surface area (Å²) in [6.07, 6.45) is 7.27. The number of pyridine rings is 1. The van der Waals surface area contributed by atoms with E-state index in [1.807, 2.05) is 18.2 Å². The van der Waals surface area contributed by atoms with Gasteiger partial charge in [0.2, 0.25) is 5.91 Å². The first-order valence-electron chi connectivity index (χ1n) is 9.71. The van der Waals surface area contributed by atoms with Crippen molar-refractivity contribution in [2.75, 3.05) is 6.54 Å². The molecule has 0 unspecified atom stereocenters. The van der Waals surface area contributed by atoms with Crippen molar-refractivity contribution in [1.29, 1.82) is 0 Å². The number of carbonyl (C=O) groups excluding carboxylic acids is 1. The maximum Gasteiger partial charge on any atom is 0.223 e. The van der Waals surface area contributed by atoms with E-state index in [1.165, 1.54) is 0 Å². The van der Waals surface area contributed by atoms with Crippen LogP contribution in [0.3, 0.4) is 0 Å². The van der Waals surface area contributed by atoms with Gasteiger partial charge in [0.1, 0.15) is 0 Å². The van der Waals surface area contributed by atoms with E-state index in [0.717, 1.165) is 44.3 Å². The second-order valence-electron chi connectivity index (χ2n) is 8.72. The maximum atomic E-state index is 13.0. The van der Waals surface area contributed by atoms with E-state index in [2.05, 4.69) is 49.8 Å². The van der Waals surface area contributed by atoms with E-state index in [0.29, 0.717) is 12.5 Å². The van der Waals surface area contributed by atoms with Gasteiger partial charge in [-0.3, -0.25) is 9.78 Å². The zero-order valence-electron chi connectivity index (χ0n) is 16.6. The van der Waals surface area contributed by atoms with Gasteiger partial charge in [0.05, 0.1) is 0 Å². The summed E-state index contributed by atoms with van der Waals surface area (Å²) < 4.78 is 0. The van der Waals surface area contributed by atoms with Gasteiger partial charge in [-0.15, -0.1) is 0 Å². The molecular weight excluding hydrogens is 310 g/mol. The van der Waals surface area contributed by atoms with Crippen LogP contribution in [0.1, 0.15) is 72.4 Å². The Morgan fingerprint density at radius 3 is 2.48 bits per heavy atom. The highest BCUT2D eigenvalue weighted by Gasteiger charge is 2.40. The number of nitrogens with one attached hydrogen (secondary N) is 1. The van der Waals surface area contributed by atoms with Crippen molar-refractivity contribution in [2.45, 2.75) is 90.3 Å². The molecule has 0 spiro atoms. The van der Waals surface area contributed by atoms with Gasteiger partial charge in [0.15, 0.2) is 0 Å². The summed E-state index contributed by atoms with van der Waals surface area (Å²) in [4.78, 5) is 19.5. The zero-order valence-corrected chi connectivity index (χ0v) is 16.6. The molecule has 4 heteroatoms. The monoisotopic (exact) mass is 345 g/mol. The maximum absolute atomic E-state index is 13.0. The van der Waals surface area contributed by atoms with E-state index in [4.69, 9.17) is 0 Å². The number of hydrogen-bond acceptors (Lipinski definition) is 3. The van der Waals surface area contributed by atoms with Crippen LogP contribution in [-0.2, 0) is 11.2 Å². The van der Waals surface area contributed by atoms with Crippen LogP contribution in [0.25, 0.3) is 0 Å². The Morgan fingerprint density at radius 1 is 1.24 bits per heavy atom. The smallest absolute Gasteiger partial charge is 0.223 e. The van der Waals surface area contributed by atoms with Gasteiger partial charge in [-0.25, -0.2) is 0 Å². The van der Waals surface area contributed by atoms with E-state index < -0.39 is 0 Å². The molecule has 25 heavy (non-hydrogen) atoms. The summed E-state index contributed by atoms with van der Waals surface area (Å²) in [6, 6.07) is 6.21. The number of aromatic nitrogens is 1. The lowest BCUT2D eigenvalue weighted by Crippen LogP contribution is -2.62. The molecule has 1 aromatic heterocycles. The zero-order chi connectivity index (χ0) is 18.5. The van der Waals surface area contributed by atoms with Crippen LogP contribution in [-0.4, -0.2) is 39.5 Å². The number of piperidine rings is 1. The van der Waals surface area contributed by atoms with Crippen molar-refractivity contribution >= 4 is 5.91 Å². The highest BCUT2D eigenvalue weighted by Crippen LogP contribution is 2.32. The summed E-state index contributed by atoms with van der Waals surface area (Å²) in [5.41, 5.74) is 1.10. The molecule has 140 valence electrons. The molecule has 2 heterocycles. The number of unbranched alkanes of at least 4 members (excludes halogenated alkanes) is 1. The second-order valence-corrected chi connectivity index (χ2v) is 8.72. The lowest BCUT2D eigenvalue weighted by Gasteiger charge is -2.49. The van der Waals surface area contributed by atoms with E-state index in [-0.39, 0.29) is 17.0 Å². The van der Waals surface area contributed by atoms with Crippen LogP contribution in [0.4, 0.5) is 0 Å². The molecule has 2 rings (SSSR count). The van der Waals surface area contributed by atoms with Crippen molar-refractivity contribution < 1.29 is 4.79 Å². The number of carbonyl (C=O) groups is 1. The number of rotatable bonds is 7. The van der Waals surface area contributed by atoms with Gasteiger partial charge < -0.3 is 10.2 Å². The van der Waals surface area contributed by atoms with Crippen molar-refractivity contribution in [3.8, 4) is 0 Å². The first kappa shape index (κ1) is 19.9. The Bertz CT molecular complexity index is 538. The van der Waals surface area contributed by atoms with Crippen LogP contribution >= 0.6 is 0 Å². The SMILES string of the molecule is CCCCN(C(=O)CCc1ccccn1)C1CC(C)(C)NC(C)(C)C1. The Balaban J connectivity index is 2.07. The number of aryl methyl sites for hydroxylation is 1. The minimum atomic E-state index is 0.0537. The van der Waals surface area contributed by atoms with Crippen molar-refractivity contribution in [3.63, 3.8) is 0 Å². The van der Waals surface area contributed by atoms with Crippen LogP contribution in [0, 0.1) is 0 Å². The van der Waals surface area contributed by atoms with Gasteiger partial charge in [-0.1, -0.05) is 19.4 Å². The van der Waals surface area contributed by atoms with E-state index in [1.54, 1.807) is 6.20 Å². The van der Waals surface area contributed by atoms with Gasteiger partial charge >= 0.3 is 0 Å². The summed E-state index contributed by atoms with van der Waals surface area (Å²) in [7, 11) is 0. The molecule has 1 N–H and O–H groups in total. The first-order chi connectivity index (χ1) is 11.7.